The predicted octanol–water partition coefficient (Wildman–Crippen LogP) is 3.40. The van der Waals surface area contributed by atoms with Gasteiger partial charge in [-0.2, -0.15) is 0 Å². The van der Waals surface area contributed by atoms with E-state index in [-0.39, 0.29) is 0 Å². The van der Waals surface area contributed by atoms with E-state index in [1.165, 1.54) is 35.8 Å². The molecule has 1 aliphatic heterocycles. The molecule has 2 atom stereocenters. The Bertz CT molecular complexity index is 381. The molecule has 0 radical (unpaired) electrons. The Hall–Kier alpha value is -0.380. The molecule has 2 N–H and O–H groups in total. The topological polar surface area (TPSA) is 29.3 Å². The summed E-state index contributed by atoms with van der Waals surface area (Å²) in [5.74, 6) is 0.869. The molecule has 1 aliphatic rings. The lowest BCUT2D eigenvalue weighted by atomic mass is 9.88. The van der Waals surface area contributed by atoms with E-state index in [0.717, 1.165) is 19.0 Å². The van der Waals surface area contributed by atoms with Gasteiger partial charge in [-0.15, -0.1) is 0 Å². The summed E-state index contributed by atoms with van der Waals surface area (Å²) in [5.41, 5.74) is 7.32. The highest BCUT2D eigenvalue weighted by Gasteiger charge is 2.26. The highest BCUT2D eigenvalue weighted by atomic mass is 79.9. The van der Waals surface area contributed by atoms with E-state index in [4.69, 9.17) is 5.73 Å². The minimum Gasteiger partial charge on any atom is -0.329 e. The van der Waals surface area contributed by atoms with Gasteiger partial charge in [0.05, 0.1) is 0 Å². The summed E-state index contributed by atoms with van der Waals surface area (Å²) in [6.45, 7) is 5.27. The standard InChI is InChI=1S/C15H23BrN2/c1-2-12-7-8-18(14(9-12)10-17)11-13-5-3-4-6-15(13)16/h3-6,12,14H,2,7-11,17H2,1H3. The number of rotatable bonds is 4. The largest absolute Gasteiger partial charge is 0.329 e. The molecule has 1 fully saturated rings. The van der Waals surface area contributed by atoms with Gasteiger partial charge in [-0.3, -0.25) is 4.90 Å². The molecule has 0 aliphatic carbocycles. The van der Waals surface area contributed by atoms with Crippen LogP contribution in [-0.4, -0.2) is 24.0 Å². The van der Waals surface area contributed by atoms with Crippen LogP contribution in [0.2, 0.25) is 0 Å². The van der Waals surface area contributed by atoms with Gasteiger partial charge in [-0.05, 0) is 36.9 Å². The third-order valence-corrected chi connectivity index (χ3v) is 4.90. The molecule has 0 spiro atoms. The summed E-state index contributed by atoms with van der Waals surface area (Å²) in [4.78, 5) is 2.55. The zero-order valence-electron chi connectivity index (χ0n) is 11.1. The van der Waals surface area contributed by atoms with E-state index in [9.17, 15) is 0 Å². The molecule has 1 aromatic carbocycles. The van der Waals surface area contributed by atoms with Gasteiger partial charge in [-0.1, -0.05) is 47.5 Å². The lowest BCUT2D eigenvalue weighted by Gasteiger charge is -2.39. The predicted molar refractivity (Wildman–Crippen MR) is 80.4 cm³/mol. The second-order valence-corrected chi connectivity index (χ2v) is 6.10. The fourth-order valence-electron chi connectivity index (χ4n) is 2.85. The summed E-state index contributed by atoms with van der Waals surface area (Å²) >= 11 is 3.63. The van der Waals surface area contributed by atoms with Gasteiger partial charge >= 0.3 is 0 Å². The molecule has 1 aromatic rings. The van der Waals surface area contributed by atoms with Crippen LogP contribution in [0.25, 0.3) is 0 Å². The third kappa shape index (κ3) is 3.34. The molecule has 100 valence electrons. The number of nitrogens with two attached hydrogens (primary N) is 1. The monoisotopic (exact) mass is 310 g/mol. The first-order chi connectivity index (χ1) is 8.74. The first-order valence-corrected chi connectivity index (χ1v) is 7.71. The van der Waals surface area contributed by atoms with Crippen molar-refractivity contribution in [2.45, 2.75) is 38.8 Å². The smallest absolute Gasteiger partial charge is 0.0248 e. The second kappa shape index (κ2) is 6.69. The number of halogens is 1. The van der Waals surface area contributed by atoms with Crippen LogP contribution in [0, 0.1) is 5.92 Å². The van der Waals surface area contributed by atoms with Crippen molar-refractivity contribution in [3.8, 4) is 0 Å². The molecule has 2 nitrogen and oxygen atoms in total. The van der Waals surface area contributed by atoms with E-state index >= 15 is 0 Å². The van der Waals surface area contributed by atoms with Crippen molar-refractivity contribution in [1.82, 2.24) is 4.90 Å². The molecule has 0 aromatic heterocycles. The minimum absolute atomic E-state index is 0.552. The minimum atomic E-state index is 0.552. The van der Waals surface area contributed by atoms with Crippen LogP contribution < -0.4 is 5.73 Å². The van der Waals surface area contributed by atoms with Gasteiger partial charge in [0.15, 0.2) is 0 Å². The van der Waals surface area contributed by atoms with Gasteiger partial charge in [-0.25, -0.2) is 0 Å². The number of hydrogen-bond acceptors (Lipinski definition) is 2. The van der Waals surface area contributed by atoms with Gasteiger partial charge in [0, 0.05) is 23.6 Å². The molecule has 1 heterocycles. The SMILES string of the molecule is CCC1CCN(Cc2ccccc2Br)C(CN)C1. The number of likely N-dealkylation sites (tertiary alicyclic amines) is 1. The fraction of sp³-hybridized carbons (Fsp3) is 0.600. The van der Waals surface area contributed by atoms with Crippen molar-refractivity contribution in [2.24, 2.45) is 11.7 Å². The lowest BCUT2D eigenvalue weighted by Crippen LogP contribution is -2.46. The molecule has 3 heteroatoms. The third-order valence-electron chi connectivity index (χ3n) is 4.13. The first kappa shape index (κ1) is 14.0. The van der Waals surface area contributed by atoms with Gasteiger partial charge in [0.1, 0.15) is 0 Å². The van der Waals surface area contributed by atoms with E-state index < -0.39 is 0 Å². The van der Waals surface area contributed by atoms with Crippen LogP contribution in [-0.2, 0) is 6.54 Å². The molecule has 2 rings (SSSR count). The average Bonchev–Trinajstić information content (AvgIpc) is 2.41. The van der Waals surface area contributed by atoms with Crippen LogP contribution >= 0.6 is 15.9 Å². The highest BCUT2D eigenvalue weighted by Crippen LogP contribution is 2.27. The van der Waals surface area contributed by atoms with Crippen LogP contribution in [0.4, 0.5) is 0 Å². The van der Waals surface area contributed by atoms with Crippen molar-refractivity contribution in [2.75, 3.05) is 13.1 Å². The van der Waals surface area contributed by atoms with E-state index in [0.29, 0.717) is 6.04 Å². The second-order valence-electron chi connectivity index (χ2n) is 5.25. The first-order valence-electron chi connectivity index (χ1n) is 6.92. The van der Waals surface area contributed by atoms with Gasteiger partial charge < -0.3 is 5.73 Å². The Morgan fingerprint density at radius 2 is 2.17 bits per heavy atom. The summed E-state index contributed by atoms with van der Waals surface area (Å²) < 4.78 is 1.21. The Kier molecular flexibility index (Phi) is 5.22. The maximum absolute atomic E-state index is 5.95. The summed E-state index contributed by atoms with van der Waals surface area (Å²) in [6.07, 6.45) is 3.87. The normalized spacial score (nSPS) is 25.3. The van der Waals surface area contributed by atoms with Crippen molar-refractivity contribution >= 4 is 15.9 Å². The van der Waals surface area contributed by atoms with Crippen LogP contribution in [0.1, 0.15) is 31.7 Å². The Morgan fingerprint density at radius 3 is 2.83 bits per heavy atom. The van der Waals surface area contributed by atoms with E-state index in [1.807, 2.05) is 0 Å². The Balaban J connectivity index is 2.02. The molecule has 0 bridgehead atoms. The molecule has 0 amide bonds. The van der Waals surface area contributed by atoms with E-state index in [1.54, 1.807) is 0 Å². The van der Waals surface area contributed by atoms with Gasteiger partial charge in [0.2, 0.25) is 0 Å². The zero-order valence-corrected chi connectivity index (χ0v) is 12.7. The van der Waals surface area contributed by atoms with Crippen molar-refractivity contribution < 1.29 is 0 Å². The van der Waals surface area contributed by atoms with Crippen molar-refractivity contribution in [3.05, 3.63) is 34.3 Å². The average molecular weight is 311 g/mol. The Labute approximate surface area is 119 Å². The number of hydrogen-bond donors (Lipinski definition) is 1. The summed E-state index contributed by atoms with van der Waals surface area (Å²) in [6, 6.07) is 9.04. The van der Waals surface area contributed by atoms with Crippen LogP contribution in [0.3, 0.4) is 0 Å². The zero-order chi connectivity index (χ0) is 13.0. The van der Waals surface area contributed by atoms with Crippen molar-refractivity contribution in [1.29, 1.82) is 0 Å². The number of nitrogens with zero attached hydrogens (tertiary/aromatic N) is 1. The van der Waals surface area contributed by atoms with Gasteiger partial charge in [0.25, 0.3) is 0 Å². The highest BCUT2D eigenvalue weighted by molar-refractivity contribution is 9.10. The van der Waals surface area contributed by atoms with Crippen LogP contribution in [0.5, 0.6) is 0 Å². The summed E-state index contributed by atoms with van der Waals surface area (Å²) in [5, 5.41) is 0. The quantitative estimate of drug-likeness (QED) is 0.923. The van der Waals surface area contributed by atoms with Crippen LogP contribution in [0.15, 0.2) is 28.7 Å². The fourth-order valence-corrected chi connectivity index (χ4v) is 3.26. The van der Waals surface area contributed by atoms with E-state index in [2.05, 4.69) is 52.0 Å². The molecular formula is C15H23BrN2. The number of benzene rings is 1. The maximum atomic E-state index is 5.95. The summed E-state index contributed by atoms with van der Waals surface area (Å²) in [7, 11) is 0. The molecule has 2 unspecified atom stereocenters. The lowest BCUT2D eigenvalue weighted by molar-refractivity contribution is 0.107. The molecule has 18 heavy (non-hydrogen) atoms. The molecule has 1 saturated heterocycles. The molecule has 0 saturated carbocycles. The molecular weight excluding hydrogens is 288 g/mol. The number of piperidine rings is 1. The Morgan fingerprint density at radius 1 is 1.39 bits per heavy atom. The van der Waals surface area contributed by atoms with Crippen molar-refractivity contribution in [3.63, 3.8) is 0 Å². The maximum Gasteiger partial charge on any atom is 0.0248 e.